The van der Waals surface area contributed by atoms with Crippen LogP contribution in [-0.4, -0.2) is 24.2 Å². The quantitative estimate of drug-likeness (QED) is 0.501. The predicted octanol–water partition coefficient (Wildman–Crippen LogP) is 5.33. The van der Waals surface area contributed by atoms with Gasteiger partial charge in [0, 0.05) is 35.5 Å². The third-order valence-corrected chi connectivity index (χ3v) is 6.44. The predicted molar refractivity (Wildman–Crippen MR) is 119 cm³/mol. The van der Waals surface area contributed by atoms with E-state index in [-0.39, 0.29) is 11.7 Å². The number of hydrogen-bond donors (Lipinski definition) is 0. The maximum Gasteiger partial charge on any atom is 0.258 e. The number of anilines is 2. The van der Waals surface area contributed by atoms with Gasteiger partial charge in [0.05, 0.1) is 4.90 Å². The highest BCUT2D eigenvalue weighted by Crippen LogP contribution is 2.24. The van der Waals surface area contributed by atoms with Crippen molar-refractivity contribution in [3.05, 3.63) is 88.1 Å². The molecule has 3 rings (SSSR count). The van der Waals surface area contributed by atoms with Gasteiger partial charge < -0.3 is 4.90 Å². The lowest BCUT2D eigenvalue weighted by Crippen LogP contribution is -2.27. The van der Waals surface area contributed by atoms with Crippen LogP contribution in [0.15, 0.2) is 76.1 Å². The largest absolute Gasteiger partial charge is 0.311 e. The molecule has 0 aliphatic rings. The third kappa shape index (κ3) is 4.74. The molecule has 4 nitrogen and oxygen atoms in total. The maximum absolute atomic E-state index is 13.4. The van der Waals surface area contributed by atoms with Crippen molar-refractivity contribution >= 4 is 44.2 Å². The summed E-state index contributed by atoms with van der Waals surface area (Å²) in [6.07, 6.45) is 0. The second-order valence-electron chi connectivity index (χ2n) is 6.55. The van der Waals surface area contributed by atoms with E-state index < -0.39 is 11.0 Å². The van der Waals surface area contributed by atoms with Gasteiger partial charge in [-0.1, -0.05) is 22.0 Å². The van der Waals surface area contributed by atoms with E-state index in [4.69, 9.17) is 0 Å². The molecule has 0 fully saturated rings. The summed E-state index contributed by atoms with van der Waals surface area (Å²) in [5, 5.41) is 0. The Bertz CT molecular complexity index is 1070. The molecule has 3 aromatic carbocycles. The third-order valence-electron chi connectivity index (χ3n) is 4.55. The minimum atomic E-state index is -1.48. The molecule has 0 radical (unpaired) electrons. The first-order valence-electron chi connectivity index (χ1n) is 8.83. The van der Waals surface area contributed by atoms with Gasteiger partial charge in [0.25, 0.3) is 5.91 Å². The molecule has 0 aromatic heterocycles. The van der Waals surface area contributed by atoms with Crippen LogP contribution in [0.3, 0.4) is 0 Å². The molecule has 0 N–H and O–H groups in total. The molecule has 1 amide bonds. The molecule has 7 heteroatoms. The summed E-state index contributed by atoms with van der Waals surface area (Å²) < 4.78 is 28.9. The number of nitrogens with zero attached hydrogens (tertiary/aromatic N) is 2. The SMILES string of the molecule is Cc1cc(F)ccc1N(C)C(=O)c1cccc(S(=O)N(C)c2ccc(Br)cc2)c1. The molecule has 0 aliphatic carbocycles. The van der Waals surface area contributed by atoms with Gasteiger partial charge in [-0.3, -0.25) is 9.10 Å². The Kier molecular flexibility index (Phi) is 6.49. The summed E-state index contributed by atoms with van der Waals surface area (Å²) in [6, 6.07) is 18.5. The molecule has 0 spiro atoms. The number of hydrogen-bond acceptors (Lipinski definition) is 2. The first-order valence-corrected chi connectivity index (χ1v) is 10.7. The minimum absolute atomic E-state index is 0.259. The van der Waals surface area contributed by atoms with Crippen LogP contribution in [0.1, 0.15) is 15.9 Å². The topological polar surface area (TPSA) is 40.6 Å². The summed E-state index contributed by atoms with van der Waals surface area (Å²) in [4.78, 5) is 14.9. The van der Waals surface area contributed by atoms with Crippen LogP contribution in [0, 0.1) is 12.7 Å². The fraction of sp³-hybridized carbons (Fsp3) is 0.136. The van der Waals surface area contributed by atoms with Crippen molar-refractivity contribution in [2.45, 2.75) is 11.8 Å². The van der Waals surface area contributed by atoms with E-state index in [1.54, 1.807) is 55.7 Å². The summed E-state index contributed by atoms with van der Waals surface area (Å²) >= 11 is 3.39. The van der Waals surface area contributed by atoms with Gasteiger partial charge in [-0.25, -0.2) is 8.60 Å². The Balaban J connectivity index is 1.85. The van der Waals surface area contributed by atoms with Crippen molar-refractivity contribution in [2.24, 2.45) is 0 Å². The monoisotopic (exact) mass is 474 g/mol. The van der Waals surface area contributed by atoms with Gasteiger partial charge >= 0.3 is 0 Å². The van der Waals surface area contributed by atoms with Gasteiger partial charge in [0.1, 0.15) is 5.82 Å². The van der Waals surface area contributed by atoms with Crippen LogP contribution in [0.2, 0.25) is 0 Å². The second-order valence-corrected chi connectivity index (χ2v) is 8.98. The van der Waals surface area contributed by atoms with Crippen molar-refractivity contribution in [1.29, 1.82) is 0 Å². The highest BCUT2D eigenvalue weighted by molar-refractivity contribution is 9.10. The zero-order valence-corrected chi connectivity index (χ0v) is 18.6. The second kappa shape index (κ2) is 8.88. The lowest BCUT2D eigenvalue weighted by atomic mass is 10.1. The van der Waals surface area contributed by atoms with Crippen LogP contribution in [-0.2, 0) is 11.0 Å². The molecule has 0 saturated heterocycles. The average Bonchev–Trinajstić information content (AvgIpc) is 2.72. The number of rotatable bonds is 5. The first kappa shape index (κ1) is 21.2. The average molecular weight is 475 g/mol. The molecule has 0 saturated carbocycles. The smallest absolute Gasteiger partial charge is 0.258 e. The van der Waals surface area contributed by atoms with E-state index in [1.165, 1.54) is 17.0 Å². The lowest BCUT2D eigenvalue weighted by Gasteiger charge is -2.21. The van der Waals surface area contributed by atoms with E-state index in [1.807, 2.05) is 24.3 Å². The number of carbonyl (C=O) groups is 1. The van der Waals surface area contributed by atoms with Crippen LogP contribution in [0.4, 0.5) is 15.8 Å². The normalized spacial score (nSPS) is 11.8. The van der Waals surface area contributed by atoms with E-state index in [9.17, 15) is 13.4 Å². The van der Waals surface area contributed by atoms with E-state index in [0.717, 1.165) is 10.2 Å². The number of aryl methyl sites for hydroxylation is 1. The summed E-state index contributed by atoms with van der Waals surface area (Å²) in [7, 11) is 1.90. The van der Waals surface area contributed by atoms with Crippen LogP contribution >= 0.6 is 15.9 Å². The fourth-order valence-corrected chi connectivity index (χ4v) is 4.26. The molecule has 3 aromatic rings. The van der Waals surface area contributed by atoms with Gasteiger partial charge in [0.15, 0.2) is 11.0 Å². The van der Waals surface area contributed by atoms with Crippen molar-refractivity contribution in [3.63, 3.8) is 0 Å². The number of halogens is 2. The molecular formula is C22H20BrFN2O2S. The van der Waals surface area contributed by atoms with Gasteiger partial charge in [-0.2, -0.15) is 0 Å². The molecule has 1 atom stereocenters. The Morgan fingerprint density at radius 2 is 1.69 bits per heavy atom. The van der Waals surface area contributed by atoms with Crippen LogP contribution in [0.25, 0.3) is 0 Å². The zero-order valence-electron chi connectivity index (χ0n) is 16.2. The van der Waals surface area contributed by atoms with Crippen molar-refractivity contribution < 1.29 is 13.4 Å². The van der Waals surface area contributed by atoms with Gasteiger partial charge in [-0.05, 0) is 73.2 Å². The first-order chi connectivity index (χ1) is 13.8. The Hall–Kier alpha value is -2.51. The summed E-state index contributed by atoms with van der Waals surface area (Å²) in [5.74, 6) is -0.606. The minimum Gasteiger partial charge on any atom is -0.311 e. The number of carbonyl (C=O) groups excluding carboxylic acids is 1. The van der Waals surface area contributed by atoms with Gasteiger partial charge in [0.2, 0.25) is 0 Å². The van der Waals surface area contributed by atoms with Crippen LogP contribution < -0.4 is 9.21 Å². The molecule has 29 heavy (non-hydrogen) atoms. The zero-order chi connectivity index (χ0) is 21.1. The number of amides is 1. The molecular weight excluding hydrogens is 455 g/mol. The Morgan fingerprint density at radius 3 is 2.34 bits per heavy atom. The maximum atomic E-state index is 13.4. The number of benzene rings is 3. The van der Waals surface area contributed by atoms with E-state index in [0.29, 0.717) is 21.7 Å². The molecule has 0 heterocycles. The highest BCUT2D eigenvalue weighted by Gasteiger charge is 2.18. The van der Waals surface area contributed by atoms with E-state index in [2.05, 4.69) is 15.9 Å². The Labute approximate surface area is 180 Å². The molecule has 0 aliphatic heterocycles. The highest BCUT2D eigenvalue weighted by atomic mass is 79.9. The molecule has 150 valence electrons. The van der Waals surface area contributed by atoms with E-state index >= 15 is 0 Å². The summed E-state index contributed by atoms with van der Waals surface area (Å²) in [5.41, 5.74) is 2.49. The van der Waals surface area contributed by atoms with Crippen LogP contribution in [0.5, 0.6) is 0 Å². The lowest BCUT2D eigenvalue weighted by molar-refractivity contribution is 0.0992. The van der Waals surface area contributed by atoms with Gasteiger partial charge in [-0.15, -0.1) is 0 Å². The molecule has 1 unspecified atom stereocenters. The van der Waals surface area contributed by atoms with Crippen molar-refractivity contribution in [2.75, 3.05) is 23.3 Å². The standard InChI is InChI=1S/C22H20BrFN2O2S/c1-15-13-18(24)9-12-21(15)25(2)22(27)16-5-4-6-20(14-16)29(28)26(3)19-10-7-17(23)8-11-19/h4-14H,1-3H3. The van der Waals surface area contributed by atoms with Crippen molar-refractivity contribution in [3.8, 4) is 0 Å². The summed E-state index contributed by atoms with van der Waals surface area (Å²) in [6.45, 7) is 1.75. The van der Waals surface area contributed by atoms with Crippen molar-refractivity contribution in [1.82, 2.24) is 0 Å². The fourth-order valence-electron chi connectivity index (χ4n) is 2.94. The Morgan fingerprint density at radius 1 is 1.00 bits per heavy atom. The molecule has 0 bridgehead atoms.